The van der Waals surface area contributed by atoms with Gasteiger partial charge < -0.3 is 5.11 Å². The van der Waals surface area contributed by atoms with Crippen molar-refractivity contribution in [2.45, 2.75) is 19.4 Å². The highest BCUT2D eigenvalue weighted by molar-refractivity contribution is 7.92. The van der Waals surface area contributed by atoms with Crippen molar-refractivity contribution in [3.05, 3.63) is 41.3 Å². The van der Waals surface area contributed by atoms with Crippen molar-refractivity contribution in [2.75, 3.05) is 6.54 Å². The van der Waals surface area contributed by atoms with Gasteiger partial charge in [-0.3, -0.25) is 4.79 Å². The van der Waals surface area contributed by atoms with Crippen LogP contribution in [0.15, 0.2) is 35.7 Å². The zero-order valence-corrected chi connectivity index (χ0v) is 12.0. The third kappa shape index (κ3) is 3.08. The largest absolute Gasteiger partial charge is 0.481 e. The molecule has 1 aromatic rings. The van der Waals surface area contributed by atoms with Crippen LogP contribution in [0.25, 0.3) is 6.08 Å². The quantitative estimate of drug-likeness (QED) is 0.919. The molecular weight excluding hydrogens is 278 g/mol. The van der Waals surface area contributed by atoms with Crippen molar-refractivity contribution in [3.63, 3.8) is 0 Å². The molecule has 0 amide bonds. The Morgan fingerprint density at radius 2 is 2.00 bits per heavy atom. The van der Waals surface area contributed by atoms with Crippen LogP contribution in [0.4, 0.5) is 0 Å². The molecule has 2 unspecified atom stereocenters. The minimum Gasteiger partial charge on any atom is -0.481 e. The first-order chi connectivity index (χ1) is 9.42. The fraction of sp³-hybridized carbons (Fsp3) is 0.357. The molecule has 2 rings (SSSR count). The van der Waals surface area contributed by atoms with Crippen LogP contribution >= 0.6 is 0 Å². The summed E-state index contributed by atoms with van der Waals surface area (Å²) in [6.07, 6.45) is 1.88. The number of aliphatic carboxylic acids is 1. The summed E-state index contributed by atoms with van der Waals surface area (Å²) in [5, 5.41) is 10.2. The molecule has 1 saturated heterocycles. The molecule has 0 aromatic heterocycles. The maximum Gasteiger partial charge on any atom is 0.308 e. The predicted octanol–water partition coefficient (Wildman–Crippen LogP) is 1.78. The summed E-state index contributed by atoms with van der Waals surface area (Å²) in [4.78, 5) is 11.0. The molecule has 0 aliphatic carbocycles. The number of sulfonamides is 1. The highest BCUT2D eigenvalue weighted by Gasteiger charge is 2.40. The second kappa shape index (κ2) is 5.76. The molecule has 0 bridgehead atoms. The number of hydrogen-bond acceptors (Lipinski definition) is 3. The minimum atomic E-state index is -3.58. The second-order valence-corrected chi connectivity index (χ2v) is 6.61. The lowest BCUT2D eigenvalue weighted by Gasteiger charge is -2.20. The van der Waals surface area contributed by atoms with E-state index in [9.17, 15) is 13.2 Å². The lowest BCUT2D eigenvalue weighted by Crippen LogP contribution is -2.36. The lowest BCUT2D eigenvalue weighted by atomic mass is 10.0. The third-order valence-corrected chi connectivity index (χ3v) is 5.22. The van der Waals surface area contributed by atoms with Crippen LogP contribution in [0.3, 0.4) is 0 Å². The molecule has 6 heteroatoms. The van der Waals surface area contributed by atoms with E-state index in [1.54, 1.807) is 19.1 Å². The van der Waals surface area contributed by atoms with Gasteiger partial charge in [0.1, 0.15) is 0 Å². The van der Waals surface area contributed by atoms with Gasteiger partial charge in [-0.1, -0.05) is 30.3 Å². The number of carbonyl (C=O) groups is 1. The molecule has 1 aliphatic heterocycles. The van der Waals surface area contributed by atoms with Gasteiger partial charge >= 0.3 is 5.97 Å². The third-order valence-electron chi connectivity index (χ3n) is 3.57. The van der Waals surface area contributed by atoms with E-state index in [0.29, 0.717) is 6.42 Å². The highest BCUT2D eigenvalue weighted by atomic mass is 32.2. The first-order valence-corrected chi connectivity index (χ1v) is 7.90. The zero-order chi connectivity index (χ0) is 14.8. The number of carboxylic acids is 1. The van der Waals surface area contributed by atoms with Crippen molar-refractivity contribution in [1.82, 2.24) is 4.31 Å². The van der Waals surface area contributed by atoms with Gasteiger partial charge in [-0.05, 0) is 25.0 Å². The molecule has 0 saturated carbocycles. The highest BCUT2D eigenvalue weighted by Crippen LogP contribution is 2.27. The summed E-state index contributed by atoms with van der Waals surface area (Å²) >= 11 is 0. The van der Waals surface area contributed by atoms with Crippen LogP contribution in [-0.4, -0.2) is 36.4 Å². The Bertz CT molecular complexity index is 609. The molecule has 1 aromatic carbocycles. The van der Waals surface area contributed by atoms with Crippen molar-refractivity contribution in [1.29, 1.82) is 0 Å². The van der Waals surface area contributed by atoms with Gasteiger partial charge in [0.2, 0.25) is 10.0 Å². The Balaban J connectivity index is 2.16. The van der Waals surface area contributed by atoms with E-state index in [1.807, 2.05) is 18.2 Å². The molecule has 1 heterocycles. The van der Waals surface area contributed by atoms with Crippen LogP contribution in [0.5, 0.6) is 0 Å². The molecule has 2 atom stereocenters. The van der Waals surface area contributed by atoms with Crippen LogP contribution in [0.1, 0.15) is 18.9 Å². The number of nitrogens with zero attached hydrogens (tertiary/aromatic N) is 1. The molecular formula is C14H17NO4S. The van der Waals surface area contributed by atoms with E-state index in [0.717, 1.165) is 11.0 Å². The van der Waals surface area contributed by atoms with Gasteiger partial charge in [0.25, 0.3) is 0 Å². The number of carboxylic acid groups (broad SMARTS) is 1. The summed E-state index contributed by atoms with van der Waals surface area (Å²) < 4.78 is 25.7. The Morgan fingerprint density at radius 1 is 1.35 bits per heavy atom. The maximum absolute atomic E-state index is 12.2. The van der Waals surface area contributed by atoms with Gasteiger partial charge in [0.05, 0.1) is 5.92 Å². The SMILES string of the molecule is CC1C(C(=O)O)CCN1S(=O)(=O)C=Cc1ccccc1. The fourth-order valence-electron chi connectivity index (χ4n) is 2.41. The second-order valence-electron chi connectivity index (χ2n) is 4.84. The molecule has 1 fully saturated rings. The molecule has 108 valence electrons. The topological polar surface area (TPSA) is 74.7 Å². The molecule has 1 N–H and O–H groups in total. The van der Waals surface area contributed by atoms with E-state index in [-0.39, 0.29) is 6.54 Å². The summed E-state index contributed by atoms with van der Waals surface area (Å²) in [7, 11) is -3.58. The Hall–Kier alpha value is -1.66. The van der Waals surface area contributed by atoms with Gasteiger partial charge in [-0.25, -0.2) is 8.42 Å². The standard InChI is InChI=1S/C14H17NO4S/c1-11-13(14(16)17)7-9-15(11)20(18,19)10-8-12-5-3-2-4-6-12/h2-6,8,10-11,13H,7,9H2,1H3,(H,16,17). The van der Waals surface area contributed by atoms with Gasteiger partial charge in [0, 0.05) is 18.0 Å². The number of hydrogen-bond donors (Lipinski definition) is 1. The first-order valence-electron chi connectivity index (χ1n) is 6.39. The normalized spacial score (nSPS) is 24.2. The number of benzene rings is 1. The smallest absolute Gasteiger partial charge is 0.308 e. The van der Waals surface area contributed by atoms with E-state index in [1.165, 1.54) is 10.4 Å². The van der Waals surface area contributed by atoms with E-state index < -0.39 is 28.0 Å². The predicted molar refractivity (Wildman–Crippen MR) is 76.3 cm³/mol. The Labute approximate surface area is 118 Å². The molecule has 0 spiro atoms. The monoisotopic (exact) mass is 295 g/mol. The lowest BCUT2D eigenvalue weighted by molar-refractivity contribution is -0.142. The van der Waals surface area contributed by atoms with Crippen molar-refractivity contribution < 1.29 is 18.3 Å². The molecule has 1 aliphatic rings. The molecule has 0 radical (unpaired) electrons. The van der Waals surface area contributed by atoms with Crippen molar-refractivity contribution in [2.24, 2.45) is 5.92 Å². The Kier molecular flexibility index (Phi) is 4.25. The van der Waals surface area contributed by atoms with Crippen LogP contribution in [-0.2, 0) is 14.8 Å². The fourth-order valence-corrected chi connectivity index (χ4v) is 3.86. The van der Waals surface area contributed by atoms with E-state index >= 15 is 0 Å². The van der Waals surface area contributed by atoms with Gasteiger partial charge in [-0.2, -0.15) is 4.31 Å². The summed E-state index contributed by atoms with van der Waals surface area (Å²) in [6, 6.07) is 8.60. The van der Waals surface area contributed by atoms with E-state index in [4.69, 9.17) is 5.11 Å². The van der Waals surface area contributed by atoms with Gasteiger partial charge in [-0.15, -0.1) is 0 Å². The average Bonchev–Trinajstić information content (AvgIpc) is 2.80. The first kappa shape index (κ1) is 14.7. The number of rotatable bonds is 4. The van der Waals surface area contributed by atoms with Crippen LogP contribution in [0.2, 0.25) is 0 Å². The zero-order valence-electron chi connectivity index (χ0n) is 11.1. The summed E-state index contributed by atoms with van der Waals surface area (Å²) in [5.41, 5.74) is 0.790. The molecule has 20 heavy (non-hydrogen) atoms. The summed E-state index contributed by atoms with van der Waals surface area (Å²) in [5.74, 6) is -1.57. The van der Waals surface area contributed by atoms with Crippen molar-refractivity contribution >= 4 is 22.1 Å². The minimum absolute atomic E-state index is 0.250. The molecule has 5 nitrogen and oxygen atoms in total. The van der Waals surface area contributed by atoms with E-state index in [2.05, 4.69) is 0 Å². The van der Waals surface area contributed by atoms with Gasteiger partial charge in [0.15, 0.2) is 0 Å². The maximum atomic E-state index is 12.2. The Morgan fingerprint density at radius 3 is 2.55 bits per heavy atom. The van der Waals surface area contributed by atoms with Crippen LogP contribution in [0, 0.1) is 5.92 Å². The summed E-state index contributed by atoms with van der Waals surface area (Å²) in [6.45, 7) is 1.89. The van der Waals surface area contributed by atoms with Crippen LogP contribution < -0.4 is 0 Å². The van der Waals surface area contributed by atoms with Crippen molar-refractivity contribution in [3.8, 4) is 0 Å². The average molecular weight is 295 g/mol.